The fourth-order valence-electron chi connectivity index (χ4n) is 3.73. The predicted molar refractivity (Wildman–Crippen MR) is 114 cm³/mol. The molecule has 1 saturated heterocycles. The van der Waals surface area contributed by atoms with E-state index in [1.54, 1.807) is 0 Å². The summed E-state index contributed by atoms with van der Waals surface area (Å²) in [6.07, 6.45) is -2.71. The van der Waals surface area contributed by atoms with Crippen LogP contribution in [0.5, 0.6) is 0 Å². The summed E-state index contributed by atoms with van der Waals surface area (Å²) < 4.78 is 39.7. The van der Waals surface area contributed by atoms with Crippen molar-refractivity contribution in [3.8, 4) is 0 Å². The summed E-state index contributed by atoms with van der Waals surface area (Å²) in [6, 6.07) is 10.2. The van der Waals surface area contributed by atoms with Gasteiger partial charge in [0.1, 0.15) is 0 Å². The minimum Gasteiger partial charge on any atom is -0.370 e. The number of amides is 2. The van der Waals surface area contributed by atoms with Gasteiger partial charge in [0.15, 0.2) is 0 Å². The molecule has 1 aliphatic rings. The van der Waals surface area contributed by atoms with Crippen LogP contribution in [0.2, 0.25) is 0 Å². The van der Waals surface area contributed by atoms with E-state index in [9.17, 15) is 22.8 Å². The molecule has 1 fully saturated rings. The first-order valence-corrected chi connectivity index (χ1v) is 10.2. The summed E-state index contributed by atoms with van der Waals surface area (Å²) in [4.78, 5) is 26.4. The number of rotatable bonds is 6. The molecule has 1 unspecified atom stereocenters. The number of halogens is 3. The molecule has 1 aliphatic heterocycles. The molecule has 1 atom stereocenters. The number of aryl methyl sites for hydroxylation is 1. The number of nitrogens with zero attached hydrogens (tertiary/aromatic N) is 1. The van der Waals surface area contributed by atoms with E-state index in [0.29, 0.717) is 5.69 Å². The fourth-order valence-corrected chi connectivity index (χ4v) is 3.73. The highest BCUT2D eigenvalue weighted by Gasteiger charge is 2.32. The first-order chi connectivity index (χ1) is 14.6. The van der Waals surface area contributed by atoms with Gasteiger partial charge in [-0.1, -0.05) is 29.8 Å². The standard InChI is InChI=1S/C23H26F3N3O2/c1-15-5-7-17(8-6-15)19(27-16(2)30)14-22(31)28-20-13-18(23(24,25)26)9-10-21(20)29-11-3-4-12-29/h5-10,13,19H,3-4,11-12,14H2,1-2H3,(H,27,30)(H,28,31). The Morgan fingerprint density at radius 2 is 1.71 bits per heavy atom. The van der Waals surface area contributed by atoms with Crippen molar-refractivity contribution in [2.75, 3.05) is 23.3 Å². The SMILES string of the molecule is CC(=O)NC(CC(=O)Nc1cc(C(F)(F)F)ccc1N1CCCC1)c1ccc(C)cc1. The maximum Gasteiger partial charge on any atom is 0.416 e. The monoisotopic (exact) mass is 433 g/mol. The molecule has 3 rings (SSSR count). The molecule has 8 heteroatoms. The third kappa shape index (κ3) is 5.99. The Labute approximate surface area is 179 Å². The van der Waals surface area contributed by atoms with Crippen LogP contribution >= 0.6 is 0 Å². The molecule has 0 spiro atoms. The van der Waals surface area contributed by atoms with Gasteiger partial charge < -0.3 is 15.5 Å². The van der Waals surface area contributed by atoms with Crippen molar-refractivity contribution in [2.24, 2.45) is 0 Å². The third-order valence-corrected chi connectivity index (χ3v) is 5.29. The Morgan fingerprint density at radius 3 is 2.29 bits per heavy atom. The van der Waals surface area contributed by atoms with E-state index in [0.717, 1.165) is 49.2 Å². The summed E-state index contributed by atoms with van der Waals surface area (Å²) in [7, 11) is 0. The van der Waals surface area contributed by atoms with Gasteiger partial charge in [0, 0.05) is 20.0 Å². The van der Waals surface area contributed by atoms with Gasteiger partial charge in [-0.05, 0) is 43.5 Å². The van der Waals surface area contributed by atoms with Gasteiger partial charge in [0.2, 0.25) is 11.8 Å². The van der Waals surface area contributed by atoms with E-state index in [-0.39, 0.29) is 18.0 Å². The lowest BCUT2D eigenvalue weighted by Gasteiger charge is -2.24. The first kappa shape index (κ1) is 22.7. The fraction of sp³-hybridized carbons (Fsp3) is 0.391. The van der Waals surface area contributed by atoms with Gasteiger partial charge in [-0.2, -0.15) is 13.2 Å². The van der Waals surface area contributed by atoms with Crippen LogP contribution < -0.4 is 15.5 Å². The Morgan fingerprint density at radius 1 is 1.06 bits per heavy atom. The van der Waals surface area contributed by atoms with Crippen molar-refractivity contribution >= 4 is 23.2 Å². The second-order valence-corrected chi connectivity index (χ2v) is 7.84. The zero-order valence-corrected chi connectivity index (χ0v) is 17.6. The van der Waals surface area contributed by atoms with Crippen molar-refractivity contribution < 1.29 is 22.8 Å². The van der Waals surface area contributed by atoms with E-state index in [4.69, 9.17) is 0 Å². The van der Waals surface area contributed by atoms with E-state index < -0.39 is 23.7 Å². The van der Waals surface area contributed by atoms with Crippen molar-refractivity contribution in [2.45, 2.75) is 45.3 Å². The topological polar surface area (TPSA) is 61.4 Å². The van der Waals surface area contributed by atoms with Crippen LogP contribution in [0.1, 0.15) is 48.9 Å². The lowest BCUT2D eigenvalue weighted by atomic mass is 10.0. The second kappa shape index (κ2) is 9.41. The summed E-state index contributed by atoms with van der Waals surface area (Å²) in [5.41, 5.74) is 1.67. The molecule has 0 saturated carbocycles. The highest BCUT2D eigenvalue weighted by atomic mass is 19.4. The summed E-state index contributed by atoms with van der Waals surface area (Å²) in [5, 5.41) is 5.40. The zero-order valence-electron chi connectivity index (χ0n) is 17.6. The van der Waals surface area contributed by atoms with Crippen molar-refractivity contribution in [3.05, 3.63) is 59.2 Å². The van der Waals surface area contributed by atoms with E-state index in [1.165, 1.54) is 13.0 Å². The molecular formula is C23H26F3N3O2. The van der Waals surface area contributed by atoms with Crippen LogP contribution in [0.4, 0.5) is 24.5 Å². The highest BCUT2D eigenvalue weighted by molar-refractivity contribution is 5.95. The van der Waals surface area contributed by atoms with Crippen LogP contribution in [0.15, 0.2) is 42.5 Å². The van der Waals surface area contributed by atoms with Crippen molar-refractivity contribution in [1.29, 1.82) is 0 Å². The van der Waals surface area contributed by atoms with Crippen molar-refractivity contribution in [3.63, 3.8) is 0 Å². The van der Waals surface area contributed by atoms with Crippen LogP contribution in [-0.2, 0) is 15.8 Å². The van der Waals surface area contributed by atoms with Crippen molar-refractivity contribution in [1.82, 2.24) is 5.32 Å². The Hall–Kier alpha value is -3.03. The van der Waals surface area contributed by atoms with Gasteiger partial charge in [0.05, 0.1) is 29.4 Å². The summed E-state index contributed by atoms with van der Waals surface area (Å²) in [6.45, 7) is 4.74. The predicted octanol–water partition coefficient (Wildman–Crippen LogP) is 4.82. The molecule has 0 aliphatic carbocycles. The number of hydrogen-bond acceptors (Lipinski definition) is 3. The smallest absolute Gasteiger partial charge is 0.370 e. The molecule has 166 valence electrons. The molecule has 0 radical (unpaired) electrons. The third-order valence-electron chi connectivity index (χ3n) is 5.29. The van der Waals surface area contributed by atoms with E-state index in [2.05, 4.69) is 10.6 Å². The van der Waals surface area contributed by atoms with Crippen LogP contribution in [-0.4, -0.2) is 24.9 Å². The molecule has 2 N–H and O–H groups in total. The van der Waals surface area contributed by atoms with Crippen LogP contribution in [0.3, 0.4) is 0 Å². The lowest BCUT2D eigenvalue weighted by molar-refractivity contribution is -0.137. The number of hydrogen-bond donors (Lipinski definition) is 2. The zero-order chi connectivity index (χ0) is 22.6. The molecule has 2 aromatic carbocycles. The normalized spacial score (nSPS) is 14.9. The molecule has 2 amide bonds. The van der Waals surface area contributed by atoms with Gasteiger partial charge in [-0.25, -0.2) is 0 Å². The van der Waals surface area contributed by atoms with Crippen LogP contribution in [0, 0.1) is 6.92 Å². The maximum atomic E-state index is 13.2. The minimum absolute atomic E-state index is 0.0989. The Balaban J connectivity index is 1.84. The van der Waals surface area contributed by atoms with Gasteiger partial charge in [0.25, 0.3) is 0 Å². The van der Waals surface area contributed by atoms with E-state index >= 15 is 0 Å². The molecule has 31 heavy (non-hydrogen) atoms. The second-order valence-electron chi connectivity index (χ2n) is 7.84. The number of nitrogens with one attached hydrogen (secondary N) is 2. The van der Waals surface area contributed by atoms with Crippen LogP contribution in [0.25, 0.3) is 0 Å². The quantitative estimate of drug-likeness (QED) is 0.687. The average Bonchev–Trinajstić information content (AvgIpc) is 3.21. The van der Waals surface area contributed by atoms with Gasteiger partial charge in [-0.3, -0.25) is 9.59 Å². The minimum atomic E-state index is -4.51. The Kier molecular flexibility index (Phi) is 6.87. The molecule has 1 heterocycles. The molecule has 0 bridgehead atoms. The van der Waals surface area contributed by atoms with Gasteiger partial charge in [-0.15, -0.1) is 0 Å². The first-order valence-electron chi connectivity index (χ1n) is 10.2. The lowest BCUT2D eigenvalue weighted by Crippen LogP contribution is -2.30. The number of benzene rings is 2. The number of anilines is 2. The van der Waals surface area contributed by atoms with E-state index in [1.807, 2.05) is 36.1 Å². The summed E-state index contributed by atoms with van der Waals surface area (Å²) in [5.74, 6) is -0.769. The number of carbonyl (C=O) groups is 2. The highest BCUT2D eigenvalue weighted by Crippen LogP contribution is 2.36. The Bertz CT molecular complexity index is 936. The largest absolute Gasteiger partial charge is 0.416 e. The molecule has 0 aromatic heterocycles. The number of carbonyl (C=O) groups excluding carboxylic acids is 2. The average molecular weight is 433 g/mol. The summed E-state index contributed by atoms with van der Waals surface area (Å²) >= 11 is 0. The maximum absolute atomic E-state index is 13.2. The number of alkyl halides is 3. The van der Waals surface area contributed by atoms with Gasteiger partial charge >= 0.3 is 6.18 Å². The molecule has 5 nitrogen and oxygen atoms in total. The molecular weight excluding hydrogens is 407 g/mol. The molecule has 2 aromatic rings.